The van der Waals surface area contributed by atoms with E-state index in [-0.39, 0.29) is 11.9 Å². The van der Waals surface area contributed by atoms with Crippen LogP contribution in [0.15, 0.2) is 42.0 Å². The highest BCUT2D eigenvalue weighted by Gasteiger charge is 2.31. The van der Waals surface area contributed by atoms with Crippen LogP contribution in [0.1, 0.15) is 18.4 Å². The van der Waals surface area contributed by atoms with Crippen molar-refractivity contribution in [1.82, 2.24) is 19.7 Å². The van der Waals surface area contributed by atoms with Gasteiger partial charge in [0.05, 0.1) is 25.0 Å². The quantitative estimate of drug-likeness (QED) is 0.692. The molecule has 4 rings (SSSR count). The summed E-state index contributed by atoms with van der Waals surface area (Å²) in [5.41, 5.74) is 2.92. The van der Waals surface area contributed by atoms with Crippen LogP contribution in [-0.2, 0) is 18.4 Å². The number of aromatic nitrogens is 3. The summed E-state index contributed by atoms with van der Waals surface area (Å²) < 4.78 is 7.04. The number of nitrogens with one attached hydrogen (secondary N) is 1. The van der Waals surface area contributed by atoms with E-state index in [4.69, 9.17) is 4.74 Å². The van der Waals surface area contributed by atoms with Crippen LogP contribution in [0.2, 0.25) is 0 Å². The molecule has 8 heteroatoms. The van der Waals surface area contributed by atoms with E-state index in [1.165, 1.54) is 11.3 Å². The van der Waals surface area contributed by atoms with Gasteiger partial charge < -0.3 is 10.1 Å². The molecule has 0 radical (unpaired) electrons. The number of amides is 1. The highest BCUT2D eigenvalue weighted by atomic mass is 32.1. The lowest BCUT2D eigenvalue weighted by Gasteiger charge is -2.23. The number of anilines is 1. The molecule has 0 bridgehead atoms. The number of carbonyl (C=O) groups is 1. The molecule has 3 aromatic rings. The molecule has 146 valence electrons. The Kier molecular flexibility index (Phi) is 5.40. The Morgan fingerprint density at radius 1 is 1.43 bits per heavy atom. The van der Waals surface area contributed by atoms with Crippen molar-refractivity contribution in [3.05, 3.63) is 47.6 Å². The molecule has 1 atom stereocenters. The Balaban J connectivity index is 1.41. The van der Waals surface area contributed by atoms with Crippen molar-refractivity contribution in [2.45, 2.75) is 25.4 Å². The zero-order chi connectivity index (χ0) is 19.5. The van der Waals surface area contributed by atoms with Crippen molar-refractivity contribution in [2.24, 2.45) is 7.05 Å². The van der Waals surface area contributed by atoms with E-state index in [1.54, 1.807) is 18.0 Å². The first kappa shape index (κ1) is 18.6. The van der Waals surface area contributed by atoms with Gasteiger partial charge >= 0.3 is 0 Å². The van der Waals surface area contributed by atoms with Crippen LogP contribution in [0.5, 0.6) is 5.75 Å². The highest BCUT2D eigenvalue weighted by molar-refractivity contribution is 7.14. The molecule has 1 fully saturated rings. The topological polar surface area (TPSA) is 72.3 Å². The minimum atomic E-state index is -0.142. The lowest BCUT2D eigenvalue weighted by atomic mass is 10.1. The Bertz CT molecular complexity index is 967. The number of likely N-dealkylation sites (tertiary alicyclic amines) is 1. The number of hydrogen-bond donors (Lipinski definition) is 1. The van der Waals surface area contributed by atoms with Crippen LogP contribution in [0.3, 0.4) is 0 Å². The first-order valence-corrected chi connectivity index (χ1v) is 10.1. The zero-order valence-electron chi connectivity index (χ0n) is 16.0. The number of aryl methyl sites for hydroxylation is 1. The number of methoxy groups -OCH3 is 1. The van der Waals surface area contributed by atoms with Gasteiger partial charge in [0.1, 0.15) is 5.75 Å². The van der Waals surface area contributed by atoms with Gasteiger partial charge in [0.15, 0.2) is 5.13 Å². The summed E-state index contributed by atoms with van der Waals surface area (Å²) >= 11 is 1.44. The van der Waals surface area contributed by atoms with E-state index in [9.17, 15) is 4.79 Å². The van der Waals surface area contributed by atoms with Gasteiger partial charge in [-0.3, -0.25) is 14.4 Å². The number of carbonyl (C=O) groups excluding carboxylic acids is 1. The molecule has 1 aliphatic rings. The molecule has 1 aliphatic heterocycles. The summed E-state index contributed by atoms with van der Waals surface area (Å²) in [4.78, 5) is 19.6. The summed E-state index contributed by atoms with van der Waals surface area (Å²) in [5.74, 6) is 0.843. The van der Waals surface area contributed by atoms with E-state index in [1.807, 2.05) is 36.8 Å². The average molecular weight is 398 g/mol. The highest BCUT2D eigenvalue weighted by Crippen LogP contribution is 2.27. The number of benzene rings is 1. The fraction of sp³-hybridized carbons (Fsp3) is 0.350. The second-order valence-corrected chi connectivity index (χ2v) is 7.77. The van der Waals surface area contributed by atoms with Crippen LogP contribution in [0, 0.1) is 0 Å². The summed E-state index contributed by atoms with van der Waals surface area (Å²) in [6.07, 6.45) is 5.55. The summed E-state index contributed by atoms with van der Waals surface area (Å²) in [6, 6.07) is 7.86. The molecule has 1 saturated heterocycles. The van der Waals surface area contributed by atoms with E-state index in [2.05, 4.69) is 26.4 Å². The van der Waals surface area contributed by atoms with Crippen molar-refractivity contribution in [3.8, 4) is 17.0 Å². The molecule has 0 aliphatic carbocycles. The molecular formula is C20H23N5O2S. The van der Waals surface area contributed by atoms with Crippen molar-refractivity contribution in [2.75, 3.05) is 19.0 Å². The van der Waals surface area contributed by atoms with Crippen LogP contribution in [0.4, 0.5) is 5.13 Å². The Labute approximate surface area is 168 Å². The molecule has 0 unspecified atom stereocenters. The normalized spacial score (nSPS) is 17.0. The predicted molar refractivity (Wildman–Crippen MR) is 109 cm³/mol. The minimum absolute atomic E-state index is 0.00693. The van der Waals surface area contributed by atoms with Gasteiger partial charge in [0.25, 0.3) is 0 Å². The third-order valence-corrected chi connectivity index (χ3v) is 5.68. The van der Waals surface area contributed by atoms with Crippen LogP contribution >= 0.6 is 11.3 Å². The Morgan fingerprint density at radius 3 is 3.11 bits per heavy atom. The third kappa shape index (κ3) is 4.07. The van der Waals surface area contributed by atoms with E-state index < -0.39 is 0 Å². The maximum absolute atomic E-state index is 12.9. The van der Waals surface area contributed by atoms with Crippen molar-refractivity contribution < 1.29 is 9.53 Å². The molecule has 28 heavy (non-hydrogen) atoms. The largest absolute Gasteiger partial charge is 0.497 e. The molecular weight excluding hydrogens is 374 g/mol. The minimum Gasteiger partial charge on any atom is -0.497 e. The maximum atomic E-state index is 12.9. The van der Waals surface area contributed by atoms with Gasteiger partial charge in [-0.15, -0.1) is 11.3 Å². The smallest absolute Gasteiger partial charge is 0.243 e. The van der Waals surface area contributed by atoms with E-state index >= 15 is 0 Å². The molecule has 7 nitrogen and oxygen atoms in total. The van der Waals surface area contributed by atoms with Gasteiger partial charge in [-0.1, -0.05) is 12.1 Å². The molecule has 0 spiro atoms. The van der Waals surface area contributed by atoms with Gasteiger partial charge in [-0.05, 0) is 37.1 Å². The molecule has 1 amide bonds. The number of rotatable bonds is 6. The summed E-state index contributed by atoms with van der Waals surface area (Å²) in [7, 11) is 3.54. The van der Waals surface area contributed by atoms with Crippen molar-refractivity contribution >= 4 is 22.4 Å². The molecule has 3 heterocycles. The predicted octanol–water partition coefficient (Wildman–Crippen LogP) is 3.16. The number of nitrogens with zero attached hydrogens (tertiary/aromatic N) is 4. The monoisotopic (exact) mass is 397 g/mol. The lowest BCUT2D eigenvalue weighted by molar-refractivity contribution is -0.120. The average Bonchev–Trinajstić information content (AvgIpc) is 3.43. The van der Waals surface area contributed by atoms with Gasteiger partial charge in [0, 0.05) is 30.7 Å². The van der Waals surface area contributed by atoms with Gasteiger partial charge in [-0.25, -0.2) is 4.98 Å². The van der Waals surface area contributed by atoms with Gasteiger partial charge in [-0.2, -0.15) is 5.10 Å². The number of hydrogen-bond acceptors (Lipinski definition) is 6. The SMILES string of the molecule is COc1cccc(CN2CCC[C@H]2C(=O)Nc2nc(-c3cnn(C)c3)cs2)c1. The standard InChI is InChI=1S/C20H23N5O2S/c1-24-12-15(10-21-24)17-13-28-20(22-17)23-19(26)18-7-4-8-25(18)11-14-5-3-6-16(9-14)27-2/h3,5-6,9-10,12-13,18H,4,7-8,11H2,1-2H3,(H,22,23,26)/t18-/m0/s1. The number of thiazole rings is 1. The van der Waals surface area contributed by atoms with E-state index in [0.29, 0.717) is 5.13 Å². The third-order valence-electron chi connectivity index (χ3n) is 4.92. The first-order chi connectivity index (χ1) is 13.6. The lowest BCUT2D eigenvalue weighted by Crippen LogP contribution is -2.39. The van der Waals surface area contributed by atoms with Gasteiger partial charge in [0.2, 0.25) is 5.91 Å². The fourth-order valence-electron chi connectivity index (χ4n) is 3.52. The molecule has 1 N–H and O–H groups in total. The molecule has 0 saturated carbocycles. The Hall–Kier alpha value is -2.71. The second-order valence-electron chi connectivity index (χ2n) is 6.91. The van der Waals surface area contributed by atoms with Crippen LogP contribution in [0.25, 0.3) is 11.3 Å². The number of ether oxygens (including phenoxy) is 1. The Morgan fingerprint density at radius 2 is 2.32 bits per heavy atom. The van der Waals surface area contributed by atoms with E-state index in [0.717, 1.165) is 48.5 Å². The zero-order valence-corrected chi connectivity index (χ0v) is 16.8. The first-order valence-electron chi connectivity index (χ1n) is 9.25. The van der Waals surface area contributed by atoms with Crippen LogP contribution in [-0.4, -0.2) is 45.3 Å². The molecule has 2 aromatic heterocycles. The fourth-order valence-corrected chi connectivity index (χ4v) is 4.25. The summed E-state index contributed by atoms with van der Waals surface area (Å²) in [5, 5.41) is 9.72. The second kappa shape index (κ2) is 8.12. The van der Waals surface area contributed by atoms with Crippen LogP contribution < -0.4 is 10.1 Å². The van der Waals surface area contributed by atoms with Crippen molar-refractivity contribution in [3.63, 3.8) is 0 Å². The summed E-state index contributed by atoms with van der Waals surface area (Å²) in [6.45, 7) is 1.64. The molecule has 1 aromatic carbocycles. The maximum Gasteiger partial charge on any atom is 0.243 e. The van der Waals surface area contributed by atoms with Crippen molar-refractivity contribution in [1.29, 1.82) is 0 Å².